The summed E-state index contributed by atoms with van der Waals surface area (Å²) in [6.45, 7) is 0. The Balaban J connectivity index is 1.01. The lowest BCUT2D eigenvalue weighted by atomic mass is 9.68. The average molecular weight is 878 g/mol. The largest absolute Gasteiger partial charge is 0.455 e. The monoisotopic (exact) mass is 877 g/mol. The molecule has 0 spiro atoms. The predicted octanol–water partition coefficient (Wildman–Crippen LogP) is 18.2. The molecule has 2 nitrogen and oxygen atoms in total. The van der Waals surface area contributed by atoms with Crippen molar-refractivity contribution in [1.82, 2.24) is 0 Å². The molecule has 1 heterocycles. The van der Waals surface area contributed by atoms with Crippen LogP contribution in [0.15, 0.2) is 265 Å². The van der Waals surface area contributed by atoms with Crippen molar-refractivity contribution >= 4 is 71.3 Å². The van der Waals surface area contributed by atoms with Gasteiger partial charge in [0.15, 0.2) is 0 Å². The number of rotatable bonds is 7. The van der Waals surface area contributed by atoms with Gasteiger partial charge in [-0.25, -0.2) is 0 Å². The van der Waals surface area contributed by atoms with Gasteiger partial charge in [-0.3, -0.25) is 0 Å². The highest BCUT2D eigenvalue weighted by Crippen LogP contribution is 2.59. The lowest BCUT2D eigenvalue weighted by molar-refractivity contribution is 0.673. The molecule has 1 aromatic heterocycles. The maximum Gasteiger partial charge on any atom is 0.143 e. The minimum absolute atomic E-state index is 0.541. The molecule has 1 aliphatic carbocycles. The van der Waals surface area contributed by atoms with Gasteiger partial charge < -0.3 is 9.32 Å². The fourth-order valence-corrected chi connectivity index (χ4v) is 11.8. The smallest absolute Gasteiger partial charge is 0.143 e. The molecule has 13 aromatic rings. The number of nitrogens with zero attached hydrogens (tertiary/aromatic N) is 1. The summed E-state index contributed by atoms with van der Waals surface area (Å²) in [5.41, 5.74) is 16.7. The van der Waals surface area contributed by atoms with Crippen LogP contribution in [0.25, 0.3) is 87.6 Å². The molecule has 0 N–H and O–H groups in total. The molecule has 0 unspecified atom stereocenters. The van der Waals surface area contributed by atoms with E-state index in [0.717, 1.165) is 55.5 Å². The highest BCUT2D eigenvalue weighted by atomic mass is 16.3. The van der Waals surface area contributed by atoms with Crippen LogP contribution >= 0.6 is 0 Å². The fraction of sp³-hybridized carbons (Fsp3) is 0.0149. The van der Waals surface area contributed by atoms with Gasteiger partial charge in [0.1, 0.15) is 11.2 Å². The summed E-state index contributed by atoms with van der Waals surface area (Å²) in [5, 5.41) is 9.56. The first-order valence-corrected chi connectivity index (χ1v) is 23.8. The van der Waals surface area contributed by atoms with Crippen LogP contribution in [0.4, 0.5) is 17.1 Å². The summed E-state index contributed by atoms with van der Waals surface area (Å²) in [5.74, 6) is 0. The van der Waals surface area contributed by atoms with E-state index in [4.69, 9.17) is 4.42 Å². The van der Waals surface area contributed by atoms with E-state index >= 15 is 0 Å². The molecule has 0 fully saturated rings. The van der Waals surface area contributed by atoms with Crippen molar-refractivity contribution in [1.29, 1.82) is 0 Å². The normalized spacial score (nSPS) is 12.8. The number of benzene rings is 12. The lowest BCUT2D eigenvalue weighted by Crippen LogP contribution is -2.28. The van der Waals surface area contributed by atoms with Crippen LogP contribution < -0.4 is 4.90 Å². The van der Waals surface area contributed by atoms with Gasteiger partial charge in [0.25, 0.3) is 0 Å². The highest BCUT2D eigenvalue weighted by Gasteiger charge is 2.47. The molecule has 1 aliphatic rings. The molecule has 0 aliphatic heterocycles. The molecule has 0 saturated carbocycles. The van der Waals surface area contributed by atoms with E-state index in [-0.39, 0.29) is 0 Å². The van der Waals surface area contributed by atoms with E-state index in [0.29, 0.717) is 0 Å². The van der Waals surface area contributed by atoms with Gasteiger partial charge in [-0.05, 0) is 126 Å². The summed E-state index contributed by atoms with van der Waals surface area (Å²) < 4.78 is 6.71. The zero-order chi connectivity index (χ0) is 45.5. The molecule has 0 bridgehead atoms. The van der Waals surface area contributed by atoms with E-state index in [2.05, 4.69) is 266 Å². The Morgan fingerprint density at radius 3 is 1.75 bits per heavy atom. The number of anilines is 3. The summed E-state index contributed by atoms with van der Waals surface area (Å²) in [4.78, 5) is 2.48. The van der Waals surface area contributed by atoms with Crippen LogP contribution in [0.3, 0.4) is 0 Å². The maximum atomic E-state index is 6.71. The van der Waals surface area contributed by atoms with Crippen LogP contribution in [0, 0.1) is 0 Å². The van der Waals surface area contributed by atoms with E-state index < -0.39 is 5.41 Å². The fourth-order valence-electron chi connectivity index (χ4n) is 11.8. The topological polar surface area (TPSA) is 16.4 Å². The number of hydrogen-bond donors (Lipinski definition) is 0. The van der Waals surface area contributed by atoms with Gasteiger partial charge in [-0.1, -0.05) is 212 Å². The predicted molar refractivity (Wildman–Crippen MR) is 289 cm³/mol. The van der Waals surface area contributed by atoms with Crippen LogP contribution in [0.1, 0.15) is 22.3 Å². The lowest BCUT2D eigenvalue weighted by Gasteiger charge is -2.34. The Kier molecular flexibility index (Phi) is 8.84. The second-order valence-corrected chi connectivity index (χ2v) is 18.3. The highest BCUT2D eigenvalue weighted by molar-refractivity contribution is 6.19. The van der Waals surface area contributed by atoms with E-state index in [9.17, 15) is 0 Å². The molecule has 2 heteroatoms. The second kappa shape index (κ2) is 15.6. The van der Waals surface area contributed by atoms with E-state index in [1.165, 1.54) is 71.4 Å². The Morgan fingerprint density at radius 1 is 0.333 bits per heavy atom. The Hall–Kier alpha value is -8.98. The van der Waals surface area contributed by atoms with Gasteiger partial charge in [0, 0.05) is 33.1 Å². The molecular weight excluding hydrogens is 835 g/mol. The molecule has 0 atom stereocenters. The minimum atomic E-state index is -0.541. The van der Waals surface area contributed by atoms with Gasteiger partial charge >= 0.3 is 0 Å². The van der Waals surface area contributed by atoms with Crippen molar-refractivity contribution in [2.24, 2.45) is 0 Å². The second-order valence-electron chi connectivity index (χ2n) is 18.3. The quantitative estimate of drug-likeness (QED) is 0.148. The molecule has 0 saturated heterocycles. The van der Waals surface area contributed by atoms with Gasteiger partial charge in [-0.2, -0.15) is 0 Å². The van der Waals surface area contributed by atoms with Crippen LogP contribution in [-0.4, -0.2) is 0 Å². The number of hydrogen-bond acceptors (Lipinski definition) is 2. The van der Waals surface area contributed by atoms with Crippen molar-refractivity contribution in [3.05, 3.63) is 283 Å². The molecule has 12 aromatic carbocycles. The van der Waals surface area contributed by atoms with Crippen molar-refractivity contribution in [3.8, 4) is 33.4 Å². The molecule has 69 heavy (non-hydrogen) atoms. The SMILES string of the molecule is c1ccc(C2(c3ccccc3)c3ccccc3-c3c(N(c4ccc(-c5cc6ccccc6c6ccccc56)cc4)c4cccc(-c5cccc6oc7c8ccccc8ccc7c56)c4)cccc32)cc1. The molecule has 322 valence electrons. The zero-order valence-electron chi connectivity index (χ0n) is 37.7. The van der Waals surface area contributed by atoms with E-state index in [1.54, 1.807) is 0 Å². The van der Waals surface area contributed by atoms with Crippen molar-refractivity contribution in [3.63, 3.8) is 0 Å². The first kappa shape index (κ1) is 39.2. The molecule has 0 radical (unpaired) electrons. The number of fused-ring (bicyclic) bond motifs is 11. The average Bonchev–Trinajstić information content (AvgIpc) is 3.97. The third-order valence-corrected chi connectivity index (χ3v) is 14.7. The first-order chi connectivity index (χ1) is 34.2. The Bertz CT molecular complexity index is 4090. The van der Waals surface area contributed by atoms with Crippen LogP contribution in [0.2, 0.25) is 0 Å². The number of furan rings is 1. The van der Waals surface area contributed by atoms with E-state index in [1.807, 2.05) is 0 Å². The third kappa shape index (κ3) is 5.92. The molecular formula is C67H43NO. The molecule has 14 rings (SSSR count). The summed E-state index contributed by atoms with van der Waals surface area (Å²) in [7, 11) is 0. The van der Waals surface area contributed by atoms with Crippen molar-refractivity contribution < 1.29 is 4.42 Å². The first-order valence-electron chi connectivity index (χ1n) is 23.8. The summed E-state index contributed by atoms with van der Waals surface area (Å²) >= 11 is 0. The van der Waals surface area contributed by atoms with Crippen molar-refractivity contribution in [2.45, 2.75) is 5.41 Å². The third-order valence-electron chi connectivity index (χ3n) is 14.7. The Labute approximate surface area is 400 Å². The van der Waals surface area contributed by atoms with Gasteiger partial charge in [-0.15, -0.1) is 0 Å². The maximum absolute atomic E-state index is 6.71. The Morgan fingerprint density at radius 2 is 0.957 bits per heavy atom. The standard InChI is InChI=1S/C67H43NO/c1-3-21-48(22-4-1)67(49-23-5-2-6-24-49)60-32-14-13-30-57(60)65-61(67)33-17-34-62(65)68(50-39-36-45(37-40-50)59-43-47-19-8-9-26-52(47)55-28-11-12-29-56(55)59)51-25-15-20-46(42-51)53-31-16-35-63-64(53)58-41-38-44-18-7-10-27-54(44)66(58)69-63/h1-43H. The minimum Gasteiger partial charge on any atom is -0.455 e. The van der Waals surface area contributed by atoms with Crippen LogP contribution in [-0.2, 0) is 5.41 Å². The summed E-state index contributed by atoms with van der Waals surface area (Å²) in [6.07, 6.45) is 0. The van der Waals surface area contributed by atoms with Crippen molar-refractivity contribution in [2.75, 3.05) is 4.90 Å². The zero-order valence-corrected chi connectivity index (χ0v) is 37.7. The van der Waals surface area contributed by atoms with Gasteiger partial charge in [0.05, 0.1) is 11.1 Å². The van der Waals surface area contributed by atoms with Crippen LogP contribution in [0.5, 0.6) is 0 Å². The summed E-state index contributed by atoms with van der Waals surface area (Å²) in [6, 6.07) is 95.7. The van der Waals surface area contributed by atoms with Gasteiger partial charge in [0.2, 0.25) is 0 Å². The molecule has 0 amide bonds.